The summed E-state index contributed by atoms with van der Waals surface area (Å²) in [6.45, 7) is 4.30. The van der Waals surface area contributed by atoms with E-state index in [1.54, 1.807) is 11.4 Å². The third-order valence-corrected chi connectivity index (χ3v) is 7.83. The van der Waals surface area contributed by atoms with Crippen LogP contribution in [0, 0.1) is 30.1 Å². The van der Waals surface area contributed by atoms with Crippen molar-refractivity contribution in [1.29, 1.82) is 5.26 Å². The van der Waals surface area contributed by atoms with Gasteiger partial charge in [0.2, 0.25) is 0 Å². The number of hydrogen-bond acceptors (Lipinski definition) is 6. The molecule has 0 saturated heterocycles. The van der Waals surface area contributed by atoms with Crippen molar-refractivity contribution < 1.29 is 49.4 Å². The molecule has 1 heterocycles. The molecule has 0 bridgehead atoms. The number of carbonyl (C=O) groups excluding carboxylic acids is 1. The number of nitriles is 1. The highest BCUT2D eigenvalue weighted by atomic mass is 32.2. The summed E-state index contributed by atoms with van der Waals surface area (Å²) < 4.78 is 112. The van der Waals surface area contributed by atoms with Crippen LogP contribution in [0.4, 0.5) is 32.0 Å². The Bertz CT molecular complexity index is 1630. The fraction of sp³-hybridized carbons (Fsp3) is 0.429. The fourth-order valence-corrected chi connectivity index (χ4v) is 5.36. The zero-order valence-corrected chi connectivity index (χ0v) is 23.7. The largest absolute Gasteiger partial charge is 0.493 e. The molecule has 3 rings (SSSR count). The first-order valence-corrected chi connectivity index (χ1v) is 14.2. The smallest absolute Gasteiger partial charge is 0.471 e. The number of halogens is 6. The van der Waals surface area contributed by atoms with E-state index in [1.165, 1.54) is 39.0 Å². The molecule has 2 aromatic rings. The van der Waals surface area contributed by atoms with Gasteiger partial charge in [0.15, 0.2) is 15.4 Å². The molecule has 42 heavy (non-hydrogen) atoms. The average molecular weight is 617 g/mol. The van der Waals surface area contributed by atoms with Crippen LogP contribution < -0.4 is 10.1 Å². The second-order valence-electron chi connectivity index (χ2n) is 10.7. The summed E-state index contributed by atoms with van der Waals surface area (Å²) in [6, 6.07) is 6.44. The maximum absolute atomic E-state index is 14.3. The van der Waals surface area contributed by atoms with Gasteiger partial charge in [0, 0.05) is 24.7 Å². The van der Waals surface area contributed by atoms with Gasteiger partial charge in [0.1, 0.15) is 5.75 Å². The van der Waals surface area contributed by atoms with E-state index in [9.17, 15) is 44.7 Å². The predicted octanol–water partition coefficient (Wildman–Crippen LogP) is 5.11. The Labute approximate surface area is 238 Å². The monoisotopic (exact) mass is 616 g/mol. The molecule has 2 aromatic carbocycles. The molecule has 0 spiro atoms. The predicted molar refractivity (Wildman–Crippen MR) is 139 cm³/mol. The zero-order chi connectivity index (χ0) is 31.9. The number of benzene rings is 2. The Balaban J connectivity index is 2.04. The van der Waals surface area contributed by atoms with Gasteiger partial charge >= 0.3 is 18.3 Å². The normalized spacial score (nSPS) is 15.0. The van der Waals surface area contributed by atoms with Gasteiger partial charge in [-0.1, -0.05) is 25.7 Å². The second-order valence-corrected chi connectivity index (χ2v) is 12.7. The maximum atomic E-state index is 14.3. The summed E-state index contributed by atoms with van der Waals surface area (Å²) in [4.78, 5) is 11.4. The lowest BCUT2D eigenvalue weighted by Crippen LogP contribution is -2.49. The van der Waals surface area contributed by atoms with Crippen molar-refractivity contribution in [2.45, 2.75) is 68.3 Å². The van der Waals surface area contributed by atoms with Gasteiger partial charge in [-0.25, -0.2) is 8.42 Å². The molecule has 226 valence electrons. The fourth-order valence-electron chi connectivity index (χ4n) is 4.67. The van der Waals surface area contributed by atoms with E-state index in [0.29, 0.717) is 12.0 Å². The molecule has 7 nitrogen and oxygen atoms in total. The summed E-state index contributed by atoms with van der Waals surface area (Å²) in [6.07, 6.45) is -11.4. The zero-order valence-electron chi connectivity index (χ0n) is 22.8. The van der Waals surface area contributed by atoms with Crippen molar-refractivity contribution >= 4 is 21.4 Å². The molecule has 0 fully saturated rings. The second kappa shape index (κ2) is 11.2. The van der Waals surface area contributed by atoms with Crippen molar-refractivity contribution in [2.24, 2.45) is 0 Å². The molecule has 1 aliphatic rings. The highest BCUT2D eigenvalue weighted by molar-refractivity contribution is 7.90. The van der Waals surface area contributed by atoms with Crippen molar-refractivity contribution in [3.63, 3.8) is 0 Å². The standard InChI is InChI=1S/C28H26F6N2O5S/c1-16-10-17(14-35)11-22(36-24(37)27(29,30)31)20(16)6-5-8-26(38,28(32,33)34)15-25(2,3)21-13-19(42(4,39)40)12-18-7-9-41-23(18)21/h10-13,38H,7-9,15H2,1-4H3,(H,36,37). The summed E-state index contributed by atoms with van der Waals surface area (Å²) in [5, 5.41) is 21.6. The Morgan fingerprint density at radius 1 is 1.12 bits per heavy atom. The third-order valence-electron chi connectivity index (χ3n) is 6.74. The van der Waals surface area contributed by atoms with Crippen LogP contribution >= 0.6 is 0 Å². The lowest BCUT2D eigenvalue weighted by atomic mass is 9.73. The van der Waals surface area contributed by atoms with Crippen LogP contribution in [0.5, 0.6) is 5.75 Å². The summed E-state index contributed by atoms with van der Waals surface area (Å²) >= 11 is 0. The Morgan fingerprint density at radius 3 is 2.31 bits per heavy atom. The number of anilines is 1. The van der Waals surface area contributed by atoms with E-state index < -0.39 is 57.6 Å². The molecule has 1 aliphatic heterocycles. The third kappa shape index (κ3) is 6.99. The van der Waals surface area contributed by atoms with Gasteiger partial charge in [0.25, 0.3) is 0 Å². The minimum absolute atomic E-state index is 0.0974. The van der Waals surface area contributed by atoms with Crippen LogP contribution in [0.25, 0.3) is 0 Å². The average Bonchev–Trinajstić information content (AvgIpc) is 3.31. The lowest BCUT2D eigenvalue weighted by molar-refractivity contribution is -0.264. The highest BCUT2D eigenvalue weighted by Crippen LogP contribution is 2.47. The number of carbonyl (C=O) groups is 1. The van der Waals surface area contributed by atoms with Crippen molar-refractivity contribution in [3.8, 4) is 23.7 Å². The molecular weight excluding hydrogens is 590 g/mol. The number of alkyl halides is 6. The van der Waals surface area contributed by atoms with E-state index >= 15 is 0 Å². The van der Waals surface area contributed by atoms with Crippen LogP contribution in [-0.4, -0.2) is 50.2 Å². The van der Waals surface area contributed by atoms with Crippen molar-refractivity contribution in [3.05, 3.63) is 52.1 Å². The Kier molecular flexibility index (Phi) is 8.70. The topological polar surface area (TPSA) is 116 Å². The summed E-state index contributed by atoms with van der Waals surface area (Å²) in [5.41, 5.74) is -5.15. The first kappa shape index (κ1) is 32.8. The van der Waals surface area contributed by atoms with E-state index in [2.05, 4.69) is 11.8 Å². The molecule has 2 N–H and O–H groups in total. The first-order valence-electron chi connectivity index (χ1n) is 12.3. The van der Waals surface area contributed by atoms with Crippen LogP contribution in [0.1, 0.15) is 54.5 Å². The molecule has 0 radical (unpaired) electrons. The van der Waals surface area contributed by atoms with Gasteiger partial charge in [-0.2, -0.15) is 31.6 Å². The number of nitrogens with zero attached hydrogens (tertiary/aromatic N) is 1. The van der Waals surface area contributed by atoms with Gasteiger partial charge in [-0.3, -0.25) is 4.79 Å². The number of sulfone groups is 1. The number of hydrogen-bond donors (Lipinski definition) is 2. The Hall–Kier alpha value is -3.75. The summed E-state index contributed by atoms with van der Waals surface area (Å²) in [7, 11) is -3.74. The van der Waals surface area contributed by atoms with Crippen molar-refractivity contribution in [2.75, 3.05) is 18.2 Å². The van der Waals surface area contributed by atoms with E-state index in [1.807, 2.05) is 0 Å². The minimum atomic E-state index is -5.29. The molecule has 1 unspecified atom stereocenters. The number of ether oxygens (including phenoxy) is 1. The van der Waals surface area contributed by atoms with E-state index in [-0.39, 0.29) is 39.5 Å². The molecule has 0 aromatic heterocycles. The molecular formula is C28H26F6N2O5S. The van der Waals surface area contributed by atoms with Gasteiger partial charge < -0.3 is 15.2 Å². The van der Waals surface area contributed by atoms with Gasteiger partial charge in [-0.05, 0) is 54.2 Å². The number of aliphatic hydroxyl groups is 1. The molecule has 1 atom stereocenters. The quantitative estimate of drug-likeness (QED) is 0.344. The molecule has 0 aliphatic carbocycles. The number of aryl methyl sites for hydroxylation is 1. The molecule has 1 amide bonds. The van der Waals surface area contributed by atoms with Gasteiger partial charge in [-0.15, -0.1) is 0 Å². The SMILES string of the molecule is Cc1cc(C#N)cc(NC(=O)C(F)(F)F)c1C#CCC(O)(CC(C)(C)c1cc(S(C)(=O)=O)cc2c1OCC2)C(F)(F)F. The number of nitrogens with one attached hydrogen (secondary N) is 1. The van der Waals surface area contributed by atoms with E-state index in [0.717, 1.165) is 12.3 Å². The summed E-state index contributed by atoms with van der Waals surface area (Å²) in [5.74, 6) is 2.35. The van der Waals surface area contributed by atoms with Crippen LogP contribution in [0.15, 0.2) is 29.2 Å². The van der Waals surface area contributed by atoms with Crippen LogP contribution in [0.3, 0.4) is 0 Å². The van der Waals surface area contributed by atoms with Crippen LogP contribution in [0.2, 0.25) is 0 Å². The van der Waals surface area contributed by atoms with Crippen molar-refractivity contribution in [1.82, 2.24) is 0 Å². The number of amides is 1. The van der Waals surface area contributed by atoms with E-state index in [4.69, 9.17) is 10.00 Å². The maximum Gasteiger partial charge on any atom is 0.471 e. The Morgan fingerprint density at radius 2 is 1.76 bits per heavy atom. The van der Waals surface area contributed by atoms with Gasteiger partial charge in [0.05, 0.1) is 34.4 Å². The van der Waals surface area contributed by atoms with Crippen LogP contribution in [-0.2, 0) is 26.5 Å². The highest BCUT2D eigenvalue weighted by Gasteiger charge is 2.56. The number of fused-ring (bicyclic) bond motifs is 1. The first-order chi connectivity index (χ1) is 19.1. The molecule has 0 saturated carbocycles. The lowest BCUT2D eigenvalue weighted by Gasteiger charge is -2.37. The minimum Gasteiger partial charge on any atom is -0.493 e. The molecule has 14 heteroatoms. The number of rotatable bonds is 6.